The lowest BCUT2D eigenvalue weighted by atomic mass is 10.2. The molecule has 25 heavy (non-hydrogen) atoms. The smallest absolute Gasteiger partial charge is 0.218 e. The minimum absolute atomic E-state index is 0.145. The normalized spacial score (nSPS) is 16.2. The molecule has 0 N–H and O–H groups in total. The number of sulfonamides is 1. The van der Waals surface area contributed by atoms with Gasteiger partial charge in [0.1, 0.15) is 6.33 Å². The summed E-state index contributed by atoms with van der Waals surface area (Å²) in [6, 6.07) is 6.89. The van der Waals surface area contributed by atoms with Crippen LogP contribution in [0.2, 0.25) is 5.02 Å². The van der Waals surface area contributed by atoms with Gasteiger partial charge < -0.3 is 4.90 Å². The molecular weight excluding hydrogens is 367 g/mol. The van der Waals surface area contributed by atoms with Crippen molar-refractivity contribution in [3.8, 4) is 0 Å². The average molecular weight is 385 g/mol. The molecule has 1 aliphatic rings. The van der Waals surface area contributed by atoms with Gasteiger partial charge in [0.25, 0.3) is 0 Å². The third-order valence-electron chi connectivity index (χ3n) is 4.17. The van der Waals surface area contributed by atoms with Gasteiger partial charge in [-0.3, -0.25) is 0 Å². The fourth-order valence-electron chi connectivity index (χ4n) is 2.75. The van der Waals surface area contributed by atoms with Crippen LogP contribution < -0.4 is 4.90 Å². The second kappa shape index (κ2) is 7.23. The average Bonchev–Trinajstić information content (AvgIpc) is 2.59. The van der Waals surface area contributed by atoms with Crippen molar-refractivity contribution >= 4 is 27.4 Å². The standard InChI is InChI=1S/C16H18ClFN4O2S/c1-12-15(18)16(20-11-19-12)21-6-8-22(9-7-21)25(23,24)10-13-4-2-3-5-14(13)17/h2-5,11H,6-10H2,1H3. The molecule has 0 unspecified atom stereocenters. The van der Waals surface area contributed by atoms with Gasteiger partial charge in [-0.15, -0.1) is 0 Å². The van der Waals surface area contributed by atoms with Crippen LogP contribution in [0.4, 0.5) is 10.2 Å². The van der Waals surface area contributed by atoms with Gasteiger partial charge in [-0.2, -0.15) is 4.31 Å². The van der Waals surface area contributed by atoms with E-state index in [1.165, 1.54) is 10.6 Å². The molecule has 0 atom stereocenters. The van der Waals surface area contributed by atoms with Gasteiger partial charge in [0.05, 0.1) is 11.4 Å². The highest BCUT2D eigenvalue weighted by Crippen LogP contribution is 2.23. The van der Waals surface area contributed by atoms with Crippen molar-refractivity contribution in [3.63, 3.8) is 0 Å². The van der Waals surface area contributed by atoms with Gasteiger partial charge >= 0.3 is 0 Å². The molecule has 1 fully saturated rings. The lowest BCUT2D eigenvalue weighted by Crippen LogP contribution is -2.49. The SMILES string of the molecule is Cc1ncnc(N2CCN(S(=O)(=O)Cc3ccccc3Cl)CC2)c1F. The molecule has 1 aliphatic heterocycles. The maximum atomic E-state index is 14.1. The highest BCUT2D eigenvalue weighted by molar-refractivity contribution is 7.88. The van der Waals surface area contributed by atoms with Gasteiger partial charge in [-0.05, 0) is 18.6 Å². The first kappa shape index (κ1) is 18.0. The number of aromatic nitrogens is 2. The molecule has 2 heterocycles. The van der Waals surface area contributed by atoms with E-state index in [9.17, 15) is 12.8 Å². The van der Waals surface area contributed by atoms with E-state index in [0.29, 0.717) is 23.7 Å². The number of benzene rings is 1. The van der Waals surface area contributed by atoms with Gasteiger partial charge in [-0.25, -0.2) is 22.8 Å². The topological polar surface area (TPSA) is 66.4 Å². The van der Waals surface area contributed by atoms with Crippen LogP contribution in [0.15, 0.2) is 30.6 Å². The van der Waals surface area contributed by atoms with Gasteiger partial charge in [0.2, 0.25) is 10.0 Å². The Labute approximate surface area is 151 Å². The lowest BCUT2D eigenvalue weighted by Gasteiger charge is -2.34. The first-order valence-electron chi connectivity index (χ1n) is 7.82. The Hall–Kier alpha value is -1.77. The molecule has 0 spiro atoms. The molecule has 0 saturated carbocycles. The lowest BCUT2D eigenvalue weighted by molar-refractivity contribution is 0.381. The van der Waals surface area contributed by atoms with Crippen LogP contribution in [0, 0.1) is 12.7 Å². The molecule has 1 aromatic carbocycles. The molecule has 0 amide bonds. The van der Waals surface area contributed by atoms with E-state index < -0.39 is 15.8 Å². The third-order valence-corrected chi connectivity index (χ3v) is 6.37. The Bertz CT molecular complexity index is 870. The predicted molar refractivity (Wildman–Crippen MR) is 94.6 cm³/mol. The number of rotatable bonds is 4. The van der Waals surface area contributed by atoms with Gasteiger partial charge in [0.15, 0.2) is 11.6 Å². The molecular formula is C16H18ClFN4O2S. The summed E-state index contributed by atoms with van der Waals surface area (Å²) in [4.78, 5) is 9.54. The second-order valence-corrected chi connectivity index (χ2v) is 8.21. The summed E-state index contributed by atoms with van der Waals surface area (Å²) in [6.45, 7) is 2.86. The first-order valence-corrected chi connectivity index (χ1v) is 9.80. The summed E-state index contributed by atoms with van der Waals surface area (Å²) in [5.74, 6) is -0.390. The molecule has 0 aliphatic carbocycles. The van der Waals surface area contributed by atoms with E-state index >= 15 is 0 Å². The van der Waals surface area contributed by atoms with E-state index in [2.05, 4.69) is 9.97 Å². The number of piperazine rings is 1. The van der Waals surface area contributed by atoms with Crippen molar-refractivity contribution < 1.29 is 12.8 Å². The molecule has 1 aromatic heterocycles. The van der Waals surface area contributed by atoms with Gasteiger partial charge in [0, 0.05) is 31.2 Å². The van der Waals surface area contributed by atoms with Crippen LogP contribution in [0.5, 0.6) is 0 Å². The maximum Gasteiger partial charge on any atom is 0.218 e. The molecule has 0 bridgehead atoms. The minimum Gasteiger partial charge on any atom is -0.351 e. The summed E-state index contributed by atoms with van der Waals surface area (Å²) < 4.78 is 40.8. The van der Waals surface area contributed by atoms with E-state index in [1.54, 1.807) is 36.1 Å². The molecule has 6 nitrogen and oxygen atoms in total. The van der Waals surface area contributed by atoms with Gasteiger partial charge in [-0.1, -0.05) is 29.8 Å². The number of hydrogen-bond acceptors (Lipinski definition) is 5. The van der Waals surface area contributed by atoms with Crippen LogP contribution in [0.1, 0.15) is 11.3 Å². The van der Waals surface area contributed by atoms with E-state index in [-0.39, 0.29) is 30.4 Å². The largest absolute Gasteiger partial charge is 0.351 e. The monoisotopic (exact) mass is 384 g/mol. The van der Waals surface area contributed by atoms with Crippen LogP contribution >= 0.6 is 11.6 Å². The third kappa shape index (κ3) is 3.91. The summed E-state index contributed by atoms with van der Waals surface area (Å²) in [6.07, 6.45) is 1.31. The number of anilines is 1. The van der Waals surface area contributed by atoms with Crippen molar-refractivity contribution in [1.82, 2.24) is 14.3 Å². The Morgan fingerprint density at radius 3 is 2.52 bits per heavy atom. The van der Waals surface area contributed by atoms with Crippen molar-refractivity contribution in [3.05, 3.63) is 52.7 Å². The molecule has 9 heteroatoms. The zero-order chi connectivity index (χ0) is 18.0. The summed E-state index contributed by atoms with van der Waals surface area (Å²) in [5.41, 5.74) is 0.850. The Morgan fingerprint density at radius 2 is 1.84 bits per heavy atom. The Kier molecular flexibility index (Phi) is 5.21. The maximum absolute atomic E-state index is 14.1. The quantitative estimate of drug-likeness (QED) is 0.808. The number of hydrogen-bond donors (Lipinski definition) is 0. The van der Waals surface area contributed by atoms with Crippen LogP contribution in [-0.4, -0.2) is 48.9 Å². The highest BCUT2D eigenvalue weighted by Gasteiger charge is 2.29. The molecule has 3 rings (SSSR count). The van der Waals surface area contributed by atoms with Crippen LogP contribution in [0.3, 0.4) is 0 Å². The number of halogens is 2. The predicted octanol–water partition coefficient (Wildman–Crippen LogP) is 2.23. The summed E-state index contributed by atoms with van der Waals surface area (Å²) >= 11 is 6.06. The zero-order valence-electron chi connectivity index (χ0n) is 13.7. The van der Waals surface area contributed by atoms with E-state index in [4.69, 9.17) is 11.6 Å². The van der Waals surface area contributed by atoms with Crippen LogP contribution in [-0.2, 0) is 15.8 Å². The molecule has 2 aromatic rings. The van der Waals surface area contributed by atoms with Crippen molar-refractivity contribution in [2.45, 2.75) is 12.7 Å². The number of aryl methyl sites for hydroxylation is 1. The fraction of sp³-hybridized carbons (Fsp3) is 0.375. The molecule has 1 saturated heterocycles. The zero-order valence-corrected chi connectivity index (χ0v) is 15.3. The fourth-order valence-corrected chi connectivity index (χ4v) is 4.58. The van der Waals surface area contributed by atoms with E-state index in [0.717, 1.165) is 0 Å². The first-order chi connectivity index (χ1) is 11.9. The van der Waals surface area contributed by atoms with E-state index in [1.807, 2.05) is 0 Å². The van der Waals surface area contributed by atoms with Crippen molar-refractivity contribution in [1.29, 1.82) is 0 Å². The Morgan fingerprint density at radius 1 is 1.16 bits per heavy atom. The highest BCUT2D eigenvalue weighted by atomic mass is 35.5. The van der Waals surface area contributed by atoms with Crippen molar-refractivity contribution in [2.75, 3.05) is 31.1 Å². The molecule has 0 radical (unpaired) electrons. The second-order valence-electron chi connectivity index (χ2n) is 5.83. The summed E-state index contributed by atoms with van der Waals surface area (Å²) in [5, 5.41) is 0.434. The summed E-state index contributed by atoms with van der Waals surface area (Å²) in [7, 11) is -3.49. The molecule has 134 valence electrons. The van der Waals surface area contributed by atoms with Crippen molar-refractivity contribution in [2.24, 2.45) is 0 Å². The minimum atomic E-state index is -3.49. The Balaban J connectivity index is 1.69. The van der Waals surface area contributed by atoms with Crippen LogP contribution in [0.25, 0.3) is 0 Å². The number of nitrogens with zero attached hydrogens (tertiary/aromatic N) is 4.